The van der Waals surface area contributed by atoms with Crippen LogP contribution in [0.15, 0.2) is 30.3 Å². The molecule has 1 amide bonds. The summed E-state index contributed by atoms with van der Waals surface area (Å²) >= 11 is 0. The molecule has 6 nitrogen and oxygen atoms in total. The number of rotatable bonds is 6. The Morgan fingerprint density at radius 1 is 0.885 bits per heavy atom. The van der Waals surface area contributed by atoms with E-state index < -0.39 is 28.2 Å². The van der Waals surface area contributed by atoms with E-state index in [-0.39, 0.29) is 25.2 Å². The van der Waals surface area contributed by atoms with Crippen molar-refractivity contribution in [2.45, 2.75) is 46.5 Å². The second kappa shape index (κ2) is 7.09. The molecule has 3 atom stereocenters. The van der Waals surface area contributed by atoms with Crippen LogP contribution >= 0.6 is 0 Å². The maximum Gasteiger partial charge on any atom is 0.309 e. The minimum atomic E-state index is -1.25. The molecule has 0 radical (unpaired) electrons. The van der Waals surface area contributed by atoms with E-state index in [1.165, 1.54) is 13.8 Å². The van der Waals surface area contributed by atoms with E-state index in [0.29, 0.717) is 13.0 Å². The van der Waals surface area contributed by atoms with Crippen LogP contribution in [-0.4, -0.2) is 34.6 Å². The van der Waals surface area contributed by atoms with Crippen LogP contribution < -0.4 is 5.32 Å². The fourth-order valence-corrected chi connectivity index (χ4v) is 4.41. The van der Waals surface area contributed by atoms with Crippen molar-refractivity contribution in [1.29, 1.82) is 0 Å². The van der Waals surface area contributed by atoms with Crippen molar-refractivity contribution in [2.24, 2.45) is 16.2 Å². The minimum Gasteiger partial charge on any atom is -0.481 e. The maximum atomic E-state index is 12.8. The zero-order valence-corrected chi connectivity index (χ0v) is 15.5. The summed E-state index contributed by atoms with van der Waals surface area (Å²) in [6.45, 7) is 5.16. The molecule has 6 heteroatoms. The molecule has 26 heavy (non-hydrogen) atoms. The van der Waals surface area contributed by atoms with Gasteiger partial charge in [-0.15, -0.1) is 0 Å². The summed E-state index contributed by atoms with van der Waals surface area (Å²) in [5, 5.41) is 22.1. The van der Waals surface area contributed by atoms with Crippen molar-refractivity contribution in [3.63, 3.8) is 0 Å². The third-order valence-electron chi connectivity index (χ3n) is 5.46. The molecule has 0 spiro atoms. The molecule has 1 aromatic carbocycles. The Hall–Kier alpha value is -2.37. The molecule has 2 rings (SSSR count). The molecule has 0 aromatic heterocycles. The molecule has 1 aromatic rings. The molecular formula is C20H27NO5. The Labute approximate surface area is 153 Å². The van der Waals surface area contributed by atoms with Crippen LogP contribution in [0.5, 0.6) is 0 Å². The Kier molecular flexibility index (Phi) is 5.44. The Bertz CT molecular complexity index is 673. The average Bonchev–Trinajstić information content (AvgIpc) is 2.54. The average molecular weight is 361 g/mol. The van der Waals surface area contributed by atoms with Gasteiger partial charge in [0.1, 0.15) is 0 Å². The molecule has 0 saturated heterocycles. The van der Waals surface area contributed by atoms with Crippen LogP contribution in [-0.2, 0) is 20.8 Å². The van der Waals surface area contributed by atoms with Crippen molar-refractivity contribution in [1.82, 2.24) is 5.32 Å². The number of carbonyl (C=O) groups excluding carboxylic acids is 1. The van der Waals surface area contributed by atoms with Crippen LogP contribution in [0, 0.1) is 16.2 Å². The first-order valence-electron chi connectivity index (χ1n) is 8.80. The number of hydrogen-bond donors (Lipinski definition) is 3. The van der Waals surface area contributed by atoms with Crippen molar-refractivity contribution in [3.8, 4) is 0 Å². The Morgan fingerprint density at radius 3 is 1.81 bits per heavy atom. The molecule has 1 aliphatic carbocycles. The second-order valence-electron chi connectivity index (χ2n) is 8.31. The van der Waals surface area contributed by atoms with E-state index in [4.69, 9.17) is 0 Å². The highest BCUT2D eigenvalue weighted by Gasteiger charge is 2.57. The lowest BCUT2D eigenvalue weighted by atomic mass is 9.54. The Morgan fingerprint density at radius 2 is 1.35 bits per heavy atom. The summed E-state index contributed by atoms with van der Waals surface area (Å²) in [5.41, 5.74) is -2.46. The van der Waals surface area contributed by atoms with Gasteiger partial charge in [0.15, 0.2) is 0 Å². The number of hydrogen-bond acceptors (Lipinski definition) is 3. The third-order valence-corrected chi connectivity index (χ3v) is 5.46. The summed E-state index contributed by atoms with van der Waals surface area (Å²) in [5.74, 6) is -2.41. The van der Waals surface area contributed by atoms with E-state index in [0.717, 1.165) is 5.56 Å². The van der Waals surface area contributed by atoms with Gasteiger partial charge in [-0.25, -0.2) is 0 Å². The number of amides is 1. The number of carboxylic acids is 2. The lowest BCUT2D eigenvalue weighted by Gasteiger charge is -2.48. The molecule has 0 aliphatic heterocycles. The first kappa shape index (κ1) is 19.9. The minimum absolute atomic E-state index is 0.0115. The van der Waals surface area contributed by atoms with Crippen LogP contribution in [0.2, 0.25) is 0 Å². The quantitative estimate of drug-likeness (QED) is 0.723. The maximum absolute atomic E-state index is 12.8. The fraction of sp³-hybridized carbons (Fsp3) is 0.550. The van der Waals surface area contributed by atoms with E-state index >= 15 is 0 Å². The number of carbonyl (C=O) groups is 3. The predicted molar refractivity (Wildman–Crippen MR) is 96.6 cm³/mol. The lowest BCUT2D eigenvalue weighted by Crippen LogP contribution is -2.54. The predicted octanol–water partition coefficient (Wildman–Crippen LogP) is 2.72. The zero-order chi connectivity index (χ0) is 19.6. The molecule has 142 valence electrons. The van der Waals surface area contributed by atoms with Gasteiger partial charge in [-0.3, -0.25) is 14.4 Å². The first-order valence-corrected chi connectivity index (χ1v) is 8.80. The SMILES string of the molecule is CC1(C(=O)NCCc2ccccc2)C[C@](C)(C(=O)O)C[C@](C)(C(=O)O)C1. The second-order valence-corrected chi connectivity index (χ2v) is 8.31. The van der Waals surface area contributed by atoms with E-state index in [1.807, 2.05) is 30.3 Å². The fourth-order valence-electron chi connectivity index (χ4n) is 4.41. The first-order chi connectivity index (χ1) is 12.0. The van der Waals surface area contributed by atoms with Gasteiger partial charge in [0.2, 0.25) is 5.91 Å². The number of aliphatic carboxylic acids is 2. The van der Waals surface area contributed by atoms with Crippen LogP contribution in [0.4, 0.5) is 0 Å². The van der Waals surface area contributed by atoms with Crippen LogP contribution in [0.3, 0.4) is 0 Å². The van der Waals surface area contributed by atoms with Gasteiger partial charge in [-0.2, -0.15) is 0 Å². The highest BCUT2D eigenvalue weighted by atomic mass is 16.4. The van der Waals surface area contributed by atoms with Crippen molar-refractivity contribution < 1.29 is 24.6 Å². The van der Waals surface area contributed by atoms with Crippen molar-refractivity contribution >= 4 is 17.8 Å². The number of benzene rings is 1. The van der Waals surface area contributed by atoms with E-state index in [2.05, 4.69) is 5.32 Å². The Balaban J connectivity index is 2.14. The largest absolute Gasteiger partial charge is 0.481 e. The van der Waals surface area contributed by atoms with E-state index in [1.54, 1.807) is 6.92 Å². The van der Waals surface area contributed by atoms with Crippen LogP contribution in [0.1, 0.15) is 45.6 Å². The summed E-state index contributed by atoms with van der Waals surface area (Å²) in [6, 6.07) is 9.71. The highest BCUT2D eigenvalue weighted by molar-refractivity contribution is 5.87. The topological polar surface area (TPSA) is 104 Å². The summed E-state index contributed by atoms with van der Waals surface area (Å²) in [4.78, 5) is 36.4. The van der Waals surface area contributed by atoms with Crippen molar-refractivity contribution in [2.75, 3.05) is 6.54 Å². The standard InChI is InChI=1S/C20H27NO5/c1-18(15(22)21-10-9-14-7-5-4-6-8-14)11-19(2,16(23)24)13-20(3,12-18)17(25)26/h4-8H,9-13H2,1-3H3,(H,21,22)(H,23,24)(H,25,26)/t18?,19-,20+. The lowest BCUT2D eigenvalue weighted by molar-refractivity contribution is -0.169. The number of carboxylic acid groups (broad SMARTS) is 2. The van der Waals surface area contributed by atoms with Gasteiger partial charge < -0.3 is 15.5 Å². The monoisotopic (exact) mass is 361 g/mol. The summed E-state index contributed by atoms with van der Waals surface area (Å²) in [7, 11) is 0. The van der Waals surface area contributed by atoms with Crippen LogP contribution in [0.25, 0.3) is 0 Å². The van der Waals surface area contributed by atoms with Gasteiger partial charge in [0.25, 0.3) is 0 Å². The molecule has 1 unspecified atom stereocenters. The van der Waals surface area contributed by atoms with Gasteiger partial charge in [-0.1, -0.05) is 37.3 Å². The summed E-state index contributed by atoms with van der Waals surface area (Å²) < 4.78 is 0. The molecular weight excluding hydrogens is 334 g/mol. The summed E-state index contributed by atoms with van der Waals surface area (Å²) in [6.07, 6.45) is 0.914. The molecule has 0 bridgehead atoms. The van der Waals surface area contributed by atoms with Crippen molar-refractivity contribution in [3.05, 3.63) is 35.9 Å². The van der Waals surface area contributed by atoms with Gasteiger partial charge >= 0.3 is 11.9 Å². The normalized spacial score (nSPS) is 31.2. The van der Waals surface area contributed by atoms with Gasteiger partial charge in [0.05, 0.1) is 10.8 Å². The molecule has 1 fully saturated rings. The third kappa shape index (κ3) is 4.06. The molecule has 3 N–H and O–H groups in total. The smallest absolute Gasteiger partial charge is 0.309 e. The molecule has 1 aliphatic rings. The number of nitrogens with one attached hydrogen (secondary N) is 1. The van der Waals surface area contributed by atoms with Gasteiger partial charge in [0, 0.05) is 12.0 Å². The van der Waals surface area contributed by atoms with Gasteiger partial charge in [-0.05, 0) is 45.1 Å². The highest BCUT2D eigenvalue weighted by Crippen LogP contribution is 2.54. The van der Waals surface area contributed by atoms with E-state index in [9.17, 15) is 24.6 Å². The molecule has 0 heterocycles. The molecule has 1 saturated carbocycles. The zero-order valence-electron chi connectivity index (χ0n) is 15.5.